The van der Waals surface area contributed by atoms with Crippen molar-refractivity contribution in [2.45, 2.75) is 23.1 Å². The van der Waals surface area contributed by atoms with Crippen LogP contribution in [0.5, 0.6) is 11.5 Å². The maximum Gasteiger partial charge on any atom is 0.339 e. The summed E-state index contributed by atoms with van der Waals surface area (Å²) in [6, 6.07) is 25.1. The Kier molecular flexibility index (Phi) is 7.99. The number of carbonyl (C=O) groups excluding carboxylic acids is 1. The van der Waals surface area contributed by atoms with Gasteiger partial charge < -0.3 is 19.0 Å². The fourth-order valence-electron chi connectivity index (χ4n) is 3.37. The number of anilines is 2. The Morgan fingerprint density at radius 3 is 1.50 bits per heavy atom. The summed E-state index contributed by atoms with van der Waals surface area (Å²) >= 11 is 0. The largest absolute Gasteiger partial charge is 0.377 e. The van der Waals surface area contributed by atoms with Gasteiger partial charge in [-0.25, -0.2) is 4.79 Å². The summed E-state index contributed by atoms with van der Waals surface area (Å²) in [5.74, 6) is -0.201. The van der Waals surface area contributed by atoms with Crippen molar-refractivity contribution in [1.29, 1.82) is 0 Å². The van der Waals surface area contributed by atoms with Crippen molar-refractivity contribution in [3.63, 3.8) is 0 Å². The van der Waals surface area contributed by atoms with E-state index in [1.54, 1.807) is 54.6 Å². The topological polar surface area (TPSA) is 128 Å². The third-order valence-electron chi connectivity index (χ3n) is 5.32. The molecule has 0 saturated carbocycles. The van der Waals surface area contributed by atoms with Crippen LogP contribution < -0.4 is 19.0 Å². The quantitative estimate of drug-likeness (QED) is 0.265. The summed E-state index contributed by atoms with van der Waals surface area (Å²) in [6.07, 6.45) is 0.759. The summed E-state index contributed by atoms with van der Waals surface area (Å²) < 4.78 is 61.4. The zero-order chi connectivity index (χ0) is 27.2. The molecule has 0 unspecified atom stereocenters. The van der Waals surface area contributed by atoms with E-state index in [1.165, 1.54) is 48.5 Å². The van der Waals surface area contributed by atoms with Crippen LogP contribution in [-0.2, 0) is 26.7 Å². The normalized spacial score (nSPS) is 11.4. The van der Waals surface area contributed by atoms with Gasteiger partial charge in [0.1, 0.15) is 9.79 Å². The second kappa shape index (κ2) is 11.4. The first-order chi connectivity index (χ1) is 18.2. The molecule has 0 aliphatic carbocycles. The molecule has 0 fully saturated rings. The first kappa shape index (κ1) is 26.7. The van der Waals surface area contributed by atoms with E-state index >= 15 is 0 Å². The highest BCUT2D eigenvalue weighted by molar-refractivity contribution is 7.87. The van der Waals surface area contributed by atoms with Crippen LogP contribution in [0.4, 0.5) is 16.2 Å². The van der Waals surface area contributed by atoms with Gasteiger partial charge in [-0.15, -0.1) is 0 Å². The highest BCUT2D eigenvalue weighted by Gasteiger charge is 2.21. The van der Waals surface area contributed by atoms with E-state index in [4.69, 9.17) is 8.37 Å². The Hall–Kier alpha value is -4.35. The number of carbonyl (C=O) groups is 1. The number of hydrogen-bond acceptors (Lipinski definition) is 7. The molecule has 0 atom stereocenters. The minimum atomic E-state index is -4.17. The van der Waals surface area contributed by atoms with Crippen LogP contribution in [0.2, 0.25) is 0 Å². The van der Waals surface area contributed by atoms with Gasteiger partial charge in [-0.05, 0) is 60.5 Å². The van der Waals surface area contributed by atoms with Gasteiger partial charge in [0.25, 0.3) is 0 Å². The predicted molar refractivity (Wildman–Crippen MR) is 143 cm³/mol. The zero-order valence-corrected chi connectivity index (χ0v) is 21.8. The van der Waals surface area contributed by atoms with E-state index in [-0.39, 0.29) is 32.7 Å². The average Bonchev–Trinajstić information content (AvgIpc) is 2.91. The number of rotatable bonds is 9. The van der Waals surface area contributed by atoms with E-state index < -0.39 is 26.3 Å². The Labute approximate surface area is 221 Å². The summed E-state index contributed by atoms with van der Waals surface area (Å²) in [6.45, 7) is 1.96. The van der Waals surface area contributed by atoms with Gasteiger partial charge >= 0.3 is 26.3 Å². The van der Waals surface area contributed by atoms with Crippen molar-refractivity contribution in [3.05, 3.63) is 109 Å². The molecule has 2 N–H and O–H groups in total. The lowest BCUT2D eigenvalue weighted by atomic mass is 10.2. The Balaban J connectivity index is 1.50. The summed E-state index contributed by atoms with van der Waals surface area (Å²) in [4.78, 5) is 12.7. The summed E-state index contributed by atoms with van der Waals surface area (Å²) in [5, 5.41) is 5.05. The van der Waals surface area contributed by atoms with Crippen LogP contribution in [-0.4, -0.2) is 22.9 Å². The van der Waals surface area contributed by atoms with Gasteiger partial charge in [0.15, 0.2) is 11.5 Å². The Bertz CT molecular complexity index is 1640. The van der Waals surface area contributed by atoms with Crippen LogP contribution in [0.25, 0.3) is 0 Å². The SMILES string of the molecule is CCc1ccc(S(=O)(=O)Oc2ccccc2NC(=O)Nc2ccccc2OS(=O)(=O)c2ccccc2)cc1. The number of nitrogens with one attached hydrogen (secondary N) is 2. The second-order valence-electron chi connectivity index (χ2n) is 7.96. The van der Waals surface area contributed by atoms with Gasteiger partial charge in [0.2, 0.25) is 0 Å². The predicted octanol–water partition coefficient (Wildman–Crippen LogP) is 5.43. The molecular weight excluding hydrogens is 528 g/mol. The van der Waals surface area contributed by atoms with Crippen molar-refractivity contribution in [2.24, 2.45) is 0 Å². The highest BCUT2D eigenvalue weighted by Crippen LogP contribution is 2.30. The van der Waals surface area contributed by atoms with Crippen molar-refractivity contribution in [1.82, 2.24) is 0 Å². The van der Waals surface area contributed by atoms with E-state index in [2.05, 4.69) is 10.6 Å². The van der Waals surface area contributed by atoms with Crippen LogP contribution >= 0.6 is 0 Å². The fourth-order valence-corrected chi connectivity index (χ4v) is 5.29. The minimum absolute atomic E-state index is 0.0281. The molecule has 0 spiro atoms. The average molecular weight is 553 g/mol. The second-order valence-corrected chi connectivity index (χ2v) is 11.0. The molecule has 38 heavy (non-hydrogen) atoms. The zero-order valence-electron chi connectivity index (χ0n) is 20.2. The van der Waals surface area contributed by atoms with E-state index in [0.29, 0.717) is 0 Å². The standard InChI is InChI=1S/C27H24N2O7S2/c1-2-20-16-18-22(19-17-20)38(33,34)36-26-15-9-7-13-24(26)29-27(30)28-23-12-6-8-14-25(23)35-37(31,32)21-10-4-3-5-11-21/h3-19H,2H2,1H3,(H2,28,29,30). The third-order valence-corrected chi connectivity index (χ3v) is 7.82. The molecule has 0 aromatic heterocycles. The van der Waals surface area contributed by atoms with Crippen LogP contribution in [0.1, 0.15) is 12.5 Å². The number of amides is 2. The smallest absolute Gasteiger partial charge is 0.339 e. The maximum atomic E-state index is 12.8. The van der Waals surface area contributed by atoms with Crippen molar-refractivity contribution >= 4 is 37.6 Å². The maximum absolute atomic E-state index is 12.8. The molecule has 0 aliphatic heterocycles. The van der Waals surface area contributed by atoms with Gasteiger partial charge in [-0.2, -0.15) is 16.8 Å². The molecule has 11 heteroatoms. The van der Waals surface area contributed by atoms with Gasteiger partial charge in [-0.3, -0.25) is 0 Å². The Morgan fingerprint density at radius 1 is 0.605 bits per heavy atom. The molecule has 0 aliphatic rings. The fraction of sp³-hybridized carbons (Fsp3) is 0.0741. The molecule has 0 bridgehead atoms. The number of urea groups is 1. The molecule has 0 saturated heterocycles. The molecule has 0 radical (unpaired) electrons. The molecular formula is C27H24N2O7S2. The highest BCUT2D eigenvalue weighted by atomic mass is 32.2. The first-order valence-corrected chi connectivity index (χ1v) is 14.3. The van der Waals surface area contributed by atoms with Crippen LogP contribution in [0, 0.1) is 0 Å². The summed E-state index contributed by atoms with van der Waals surface area (Å²) in [5.41, 5.74) is 1.13. The molecule has 196 valence electrons. The lowest BCUT2D eigenvalue weighted by Gasteiger charge is -2.15. The van der Waals surface area contributed by atoms with Crippen molar-refractivity contribution < 1.29 is 30.0 Å². The molecule has 4 rings (SSSR count). The van der Waals surface area contributed by atoms with Gasteiger partial charge in [0.05, 0.1) is 11.4 Å². The number of aryl methyl sites for hydroxylation is 1. The monoisotopic (exact) mass is 552 g/mol. The molecule has 4 aromatic rings. The number of hydrogen-bond donors (Lipinski definition) is 2. The lowest BCUT2D eigenvalue weighted by Crippen LogP contribution is -2.21. The first-order valence-electron chi connectivity index (χ1n) is 11.5. The van der Waals surface area contributed by atoms with Gasteiger partial charge in [-0.1, -0.05) is 61.5 Å². The molecule has 2 amide bonds. The minimum Gasteiger partial charge on any atom is -0.377 e. The van der Waals surface area contributed by atoms with E-state index in [1.807, 2.05) is 6.92 Å². The van der Waals surface area contributed by atoms with Gasteiger partial charge in [0, 0.05) is 0 Å². The number of para-hydroxylation sites is 4. The lowest BCUT2D eigenvalue weighted by molar-refractivity contribution is 0.262. The van der Waals surface area contributed by atoms with Crippen LogP contribution in [0.15, 0.2) is 113 Å². The van der Waals surface area contributed by atoms with Crippen molar-refractivity contribution in [2.75, 3.05) is 10.6 Å². The molecule has 4 aromatic carbocycles. The molecule has 9 nitrogen and oxygen atoms in total. The van der Waals surface area contributed by atoms with E-state index in [9.17, 15) is 21.6 Å². The van der Waals surface area contributed by atoms with Crippen molar-refractivity contribution in [3.8, 4) is 11.5 Å². The number of benzene rings is 4. The summed E-state index contributed by atoms with van der Waals surface area (Å²) in [7, 11) is -8.31. The van der Waals surface area contributed by atoms with Crippen LogP contribution in [0.3, 0.4) is 0 Å². The molecule has 0 heterocycles. The van der Waals surface area contributed by atoms with E-state index in [0.717, 1.165) is 12.0 Å². The third kappa shape index (κ3) is 6.50. The Morgan fingerprint density at radius 2 is 1.03 bits per heavy atom.